The zero-order chi connectivity index (χ0) is 28.1. The molecule has 1 unspecified atom stereocenters. The van der Waals surface area contributed by atoms with Crippen molar-refractivity contribution in [2.75, 3.05) is 23.8 Å². The molecule has 11 heteroatoms. The van der Waals surface area contributed by atoms with Crippen molar-refractivity contribution in [3.05, 3.63) is 93.6 Å². The Bertz CT molecular complexity index is 1540. The molecule has 40 heavy (non-hydrogen) atoms. The number of nitrogens with zero attached hydrogens (tertiary/aromatic N) is 4. The number of rotatable bonds is 10. The number of benzene rings is 3. The second kappa shape index (κ2) is 12.2. The lowest BCUT2D eigenvalue weighted by molar-refractivity contribution is -0.113. The fourth-order valence-corrected chi connectivity index (χ4v) is 5.11. The highest BCUT2D eigenvalue weighted by Gasteiger charge is 2.35. The molecular formula is C29H29BrN6O4. The molecule has 0 saturated carbocycles. The van der Waals surface area contributed by atoms with E-state index in [0.717, 1.165) is 11.1 Å². The number of nitrogens with one attached hydrogen (secondary N) is 2. The Kier molecular flexibility index (Phi) is 8.30. The van der Waals surface area contributed by atoms with Crippen LogP contribution in [0.4, 0.5) is 11.6 Å². The predicted molar refractivity (Wildman–Crippen MR) is 155 cm³/mol. The van der Waals surface area contributed by atoms with Crippen molar-refractivity contribution in [3.8, 4) is 17.2 Å². The number of aromatic nitrogens is 4. The highest BCUT2D eigenvalue weighted by atomic mass is 79.9. The van der Waals surface area contributed by atoms with Crippen LogP contribution in [0, 0.1) is 0 Å². The summed E-state index contributed by atoms with van der Waals surface area (Å²) in [6.07, 6.45) is 0. The summed E-state index contributed by atoms with van der Waals surface area (Å²) in [5.74, 6) is 1.79. The Hall–Kier alpha value is -4.38. The van der Waals surface area contributed by atoms with Gasteiger partial charge in [-0.3, -0.25) is 4.79 Å². The number of hydrogen-bond donors (Lipinski definition) is 2. The van der Waals surface area contributed by atoms with E-state index in [1.54, 1.807) is 10.7 Å². The van der Waals surface area contributed by atoms with Crippen molar-refractivity contribution < 1.29 is 19.0 Å². The molecule has 1 aliphatic heterocycles. The molecule has 0 bridgehead atoms. The van der Waals surface area contributed by atoms with Gasteiger partial charge in [-0.25, -0.2) is 0 Å². The Labute approximate surface area is 240 Å². The van der Waals surface area contributed by atoms with Crippen LogP contribution in [-0.4, -0.2) is 39.3 Å². The molecule has 0 fully saturated rings. The first-order chi connectivity index (χ1) is 19.5. The number of carbonyl (C=O) groups is 1. The Morgan fingerprint density at radius 1 is 1.00 bits per heavy atom. The van der Waals surface area contributed by atoms with E-state index in [-0.39, 0.29) is 5.91 Å². The van der Waals surface area contributed by atoms with Crippen LogP contribution < -0.4 is 24.8 Å². The molecule has 1 aromatic heterocycles. The van der Waals surface area contributed by atoms with Crippen molar-refractivity contribution in [2.45, 2.75) is 33.4 Å². The number of anilines is 2. The van der Waals surface area contributed by atoms with Gasteiger partial charge in [0, 0.05) is 5.70 Å². The van der Waals surface area contributed by atoms with Crippen LogP contribution in [0.5, 0.6) is 17.2 Å². The largest absolute Gasteiger partial charge is 0.492 e. The van der Waals surface area contributed by atoms with Crippen molar-refractivity contribution in [2.24, 2.45) is 0 Å². The van der Waals surface area contributed by atoms with E-state index in [1.807, 2.05) is 81.4 Å². The number of carbonyl (C=O) groups excluding carboxylic acids is 1. The monoisotopic (exact) mass is 604 g/mol. The third-order valence-electron chi connectivity index (χ3n) is 6.27. The smallest absolute Gasteiger partial charge is 0.255 e. The molecule has 10 nitrogen and oxygen atoms in total. The predicted octanol–water partition coefficient (Wildman–Crippen LogP) is 5.74. The lowest BCUT2D eigenvalue weighted by Crippen LogP contribution is -2.31. The van der Waals surface area contributed by atoms with Gasteiger partial charge in [0.1, 0.15) is 18.4 Å². The molecule has 3 aromatic carbocycles. The van der Waals surface area contributed by atoms with Crippen molar-refractivity contribution in [1.82, 2.24) is 20.2 Å². The van der Waals surface area contributed by atoms with Gasteiger partial charge >= 0.3 is 0 Å². The molecule has 0 aliphatic carbocycles. The van der Waals surface area contributed by atoms with E-state index >= 15 is 0 Å². The molecule has 1 aliphatic rings. The van der Waals surface area contributed by atoms with Gasteiger partial charge in [0.2, 0.25) is 5.95 Å². The van der Waals surface area contributed by atoms with Crippen LogP contribution in [0.15, 0.2) is 82.5 Å². The van der Waals surface area contributed by atoms with Crippen LogP contribution in [0.1, 0.15) is 37.9 Å². The summed E-state index contributed by atoms with van der Waals surface area (Å²) in [5, 5.41) is 18.3. The highest BCUT2D eigenvalue weighted by molar-refractivity contribution is 9.10. The molecule has 0 radical (unpaired) electrons. The lowest BCUT2D eigenvalue weighted by Gasteiger charge is -2.29. The summed E-state index contributed by atoms with van der Waals surface area (Å²) in [6, 6.07) is 20.3. The maximum absolute atomic E-state index is 13.9. The second-order valence-corrected chi connectivity index (χ2v) is 9.79. The van der Waals surface area contributed by atoms with Gasteiger partial charge in [-0.1, -0.05) is 47.6 Å². The molecule has 1 atom stereocenters. The van der Waals surface area contributed by atoms with Gasteiger partial charge in [-0.2, -0.15) is 4.68 Å². The second-order valence-electron chi connectivity index (χ2n) is 8.93. The van der Waals surface area contributed by atoms with Crippen LogP contribution >= 0.6 is 15.9 Å². The molecule has 4 aromatic rings. The summed E-state index contributed by atoms with van der Waals surface area (Å²) < 4.78 is 20.2. The highest BCUT2D eigenvalue weighted by Crippen LogP contribution is 2.43. The molecular weight excluding hydrogens is 576 g/mol. The molecule has 2 N–H and O–H groups in total. The van der Waals surface area contributed by atoms with Crippen LogP contribution in [-0.2, 0) is 11.4 Å². The molecule has 0 saturated heterocycles. The summed E-state index contributed by atoms with van der Waals surface area (Å²) >= 11 is 3.68. The Morgan fingerprint density at radius 3 is 2.50 bits per heavy atom. The zero-order valence-corrected chi connectivity index (χ0v) is 23.9. The van der Waals surface area contributed by atoms with Crippen LogP contribution in [0.25, 0.3) is 0 Å². The van der Waals surface area contributed by atoms with E-state index in [2.05, 4.69) is 42.1 Å². The number of allylic oxidation sites excluding steroid dienone is 1. The SMILES string of the molecule is CCOc1ccccc1NC(=O)C1=C(C)Nc2nnnn2C1c1cc(Br)c(OCc2ccccc2)c(OCC)c1. The standard InChI is InChI=1S/C29H29BrN6O4/c1-4-38-23-14-10-9-13-22(23)32-28(37)25-18(3)31-29-33-34-35-36(29)26(25)20-15-21(30)27(24(16-20)39-5-2)40-17-19-11-7-6-8-12-19/h6-16,26H,4-5,17H2,1-3H3,(H,32,37)(H,31,33,35). The first kappa shape index (κ1) is 27.2. The number of halogens is 1. The number of para-hydroxylation sites is 2. The number of fused-ring (bicyclic) bond motifs is 1. The van der Waals surface area contributed by atoms with E-state index in [4.69, 9.17) is 14.2 Å². The molecule has 5 rings (SSSR count). The zero-order valence-electron chi connectivity index (χ0n) is 22.3. The summed E-state index contributed by atoms with van der Waals surface area (Å²) in [5.41, 5.74) is 3.40. The van der Waals surface area contributed by atoms with Gasteiger partial charge in [0.05, 0.1) is 28.9 Å². The van der Waals surface area contributed by atoms with Gasteiger partial charge in [-0.15, -0.1) is 0 Å². The van der Waals surface area contributed by atoms with Crippen molar-refractivity contribution in [1.29, 1.82) is 0 Å². The first-order valence-corrected chi connectivity index (χ1v) is 13.7. The van der Waals surface area contributed by atoms with E-state index < -0.39 is 6.04 Å². The third-order valence-corrected chi connectivity index (χ3v) is 6.86. The lowest BCUT2D eigenvalue weighted by atomic mass is 9.94. The summed E-state index contributed by atoms with van der Waals surface area (Å²) in [4.78, 5) is 13.9. The minimum Gasteiger partial charge on any atom is -0.492 e. The Balaban J connectivity index is 1.53. The molecule has 0 spiro atoms. The third kappa shape index (κ3) is 5.64. The number of ether oxygens (including phenoxy) is 3. The van der Waals surface area contributed by atoms with Crippen LogP contribution in [0.2, 0.25) is 0 Å². The fraction of sp³-hybridized carbons (Fsp3) is 0.241. The normalized spacial score (nSPS) is 14.2. The average molecular weight is 605 g/mol. The molecule has 1 amide bonds. The number of hydrogen-bond acceptors (Lipinski definition) is 8. The van der Waals surface area contributed by atoms with Crippen molar-refractivity contribution in [3.63, 3.8) is 0 Å². The minimum absolute atomic E-state index is 0.318. The van der Waals surface area contributed by atoms with Gasteiger partial charge < -0.3 is 24.8 Å². The number of amides is 1. The van der Waals surface area contributed by atoms with Crippen LogP contribution in [0.3, 0.4) is 0 Å². The quantitative estimate of drug-likeness (QED) is 0.236. The molecule has 2 heterocycles. The summed E-state index contributed by atoms with van der Waals surface area (Å²) in [7, 11) is 0. The Morgan fingerprint density at radius 2 is 1.73 bits per heavy atom. The van der Waals surface area contributed by atoms with Gasteiger partial charge in [0.15, 0.2) is 11.5 Å². The summed E-state index contributed by atoms with van der Waals surface area (Å²) in [6.45, 7) is 6.90. The maximum Gasteiger partial charge on any atom is 0.255 e. The number of tetrazole rings is 1. The van der Waals surface area contributed by atoms with Crippen molar-refractivity contribution >= 4 is 33.5 Å². The van der Waals surface area contributed by atoms with E-state index in [0.29, 0.717) is 64.4 Å². The van der Waals surface area contributed by atoms with E-state index in [1.165, 1.54) is 0 Å². The average Bonchev–Trinajstić information content (AvgIpc) is 3.41. The topological polar surface area (TPSA) is 112 Å². The molecule has 206 valence electrons. The minimum atomic E-state index is -0.649. The maximum atomic E-state index is 13.9. The van der Waals surface area contributed by atoms with Gasteiger partial charge in [-0.05, 0) is 82.5 Å². The first-order valence-electron chi connectivity index (χ1n) is 12.9. The fourth-order valence-electron chi connectivity index (χ4n) is 4.53. The van der Waals surface area contributed by atoms with Gasteiger partial charge in [0.25, 0.3) is 5.91 Å². The van der Waals surface area contributed by atoms with E-state index in [9.17, 15) is 4.79 Å².